The summed E-state index contributed by atoms with van der Waals surface area (Å²) in [6, 6.07) is 0. The third-order valence-corrected chi connectivity index (χ3v) is 3.87. The Labute approximate surface area is 88.4 Å². The number of rotatable bonds is 3. The van der Waals surface area contributed by atoms with E-state index in [2.05, 4.69) is 4.98 Å². The van der Waals surface area contributed by atoms with Gasteiger partial charge in [0.15, 0.2) is 0 Å². The van der Waals surface area contributed by atoms with Crippen LogP contribution in [0.5, 0.6) is 0 Å². The Kier molecular flexibility index (Phi) is 2.96. The Morgan fingerprint density at radius 2 is 2.21 bits per heavy atom. The molecule has 0 aliphatic heterocycles. The summed E-state index contributed by atoms with van der Waals surface area (Å²) in [5.41, 5.74) is -0.0872. The molecular weight excluding hydrogens is 194 g/mol. The molecule has 3 heteroatoms. The topological polar surface area (TPSA) is 30.0 Å². The molecule has 1 aromatic rings. The molecule has 0 saturated heterocycles. The summed E-state index contributed by atoms with van der Waals surface area (Å²) in [5, 5.41) is 3.09. The van der Waals surface area contributed by atoms with E-state index in [4.69, 9.17) is 0 Å². The van der Waals surface area contributed by atoms with Gasteiger partial charge in [0.2, 0.25) is 0 Å². The fourth-order valence-corrected chi connectivity index (χ4v) is 3.00. The first-order valence-electron chi connectivity index (χ1n) is 5.19. The molecule has 0 bridgehead atoms. The smallest absolute Gasteiger partial charge is 0.126 e. The number of aromatic nitrogens is 1. The summed E-state index contributed by atoms with van der Waals surface area (Å²) in [6.07, 6.45) is 9.64. The minimum absolute atomic E-state index is 0.0872. The van der Waals surface area contributed by atoms with E-state index in [9.17, 15) is 4.79 Å². The van der Waals surface area contributed by atoms with Crippen LogP contribution in [0.4, 0.5) is 0 Å². The first-order chi connectivity index (χ1) is 6.85. The second-order valence-corrected chi connectivity index (χ2v) is 5.12. The predicted molar refractivity (Wildman–Crippen MR) is 57.4 cm³/mol. The Morgan fingerprint density at radius 1 is 1.43 bits per heavy atom. The van der Waals surface area contributed by atoms with Crippen LogP contribution in [0, 0.1) is 5.41 Å². The zero-order chi connectivity index (χ0) is 9.86. The van der Waals surface area contributed by atoms with Gasteiger partial charge < -0.3 is 4.79 Å². The molecule has 0 amide bonds. The van der Waals surface area contributed by atoms with Crippen LogP contribution in [0.15, 0.2) is 11.6 Å². The SMILES string of the molecule is O=CC1(Cc2nccs2)CCCCC1. The average molecular weight is 209 g/mol. The van der Waals surface area contributed by atoms with Crippen molar-refractivity contribution >= 4 is 17.6 Å². The van der Waals surface area contributed by atoms with E-state index >= 15 is 0 Å². The van der Waals surface area contributed by atoms with Gasteiger partial charge in [-0.15, -0.1) is 11.3 Å². The maximum atomic E-state index is 11.2. The maximum absolute atomic E-state index is 11.2. The third-order valence-electron chi connectivity index (χ3n) is 3.09. The number of carbonyl (C=O) groups excluding carboxylic acids is 1. The van der Waals surface area contributed by atoms with E-state index in [1.807, 2.05) is 11.6 Å². The van der Waals surface area contributed by atoms with Crippen LogP contribution in [0.2, 0.25) is 0 Å². The van der Waals surface area contributed by atoms with Gasteiger partial charge in [-0.3, -0.25) is 0 Å². The van der Waals surface area contributed by atoms with Crippen molar-refractivity contribution in [1.82, 2.24) is 4.98 Å². The number of nitrogens with zero attached hydrogens (tertiary/aromatic N) is 1. The quantitative estimate of drug-likeness (QED) is 0.716. The fourth-order valence-electron chi connectivity index (χ4n) is 2.23. The maximum Gasteiger partial charge on any atom is 0.126 e. The number of hydrogen-bond acceptors (Lipinski definition) is 3. The van der Waals surface area contributed by atoms with Crippen molar-refractivity contribution in [3.05, 3.63) is 16.6 Å². The second kappa shape index (κ2) is 4.22. The fraction of sp³-hybridized carbons (Fsp3) is 0.636. The van der Waals surface area contributed by atoms with Crippen LogP contribution in [-0.2, 0) is 11.2 Å². The number of aldehydes is 1. The van der Waals surface area contributed by atoms with Crippen molar-refractivity contribution in [2.75, 3.05) is 0 Å². The van der Waals surface area contributed by atoms with Gasteiger partial charge in [0.25, 0.3) is 0 Å². The largest absolute Gasteiger partial charge is 0.303 e. The van der Waals surface area contributed by atoms with Crippen molar-refractivity contribution in [1.29, 1.82) is 0 Å². The minimum atomic E-state index is -0.0872. The van der Waals surface area contributed by atoms with E-state index in [0.29, 0.717) is 0 Å². The van der Waals surface area contributed by atoms with E-state index in [1.54, 1.807) is 11.3 Å². The lowest BCUT2D eigenvalue weighted by Gasteiger charge is -2.31. The number of thiazole rings is 1. The molecule has 1 fully saturated rings. The average Bonchev–Trinajstić information content (AvgIpc) is 2.72. The lowest BCUT2D eigenvalue weighted by Crippen LogP contribution is -2.28. The normalized spacial score (nSPS) is 20.6. The van der Waals surface area contributed by atoms with Gasteiger partial charge in [-0.05, 0) is 12.8 Å². The van der Waals surface area contributed by atoms with E-state index in [-0.39, 0.29) is 5.41 Å². The first kappa shape index (κ1) is 9.84. The summed E-state index contributed by atoms with van der Waals surface area (Å²) in [6.45, 7) is 0. The van der Waals surface area contributed by atoms with Gasteiger partial charge in [-0.25, -0.2) is 4.98 Å². The summed E-state index contributed by atoms with van der Waals surface area (Å²) < 4.78 is 0. The van der Waals surface area contributed by atoms with Gasteiger partial charge in [0.05, 0.1) is 5.01 Å². The lowest BCUT2D eigenvalue weighted by atomic mass is 9.73. The first-order valence-corrected chi connectivity index (χ1v) is 6.07. The number of carbonyl (C=O) groups is 1. The van der Waals surface area contributed by atoms with E-state index in [1.165, 1.54) is 25.5 Å². The lowest BCUT2D eigenvalue weighted by molar-refractivity contribution is -0.117. The minimum Gasteiger partial charge on any atom is -0.303 e. The Bertz CT molecular complexity index is 288. The molecule has 14 heavy (non-hydrogen) atoms. The predicted octanol–water partition coefficient (Wildman–Crippen LogP) is 2.84. The molecule has 0 N–H and O–H groups in total. The zero-order valence-electron chi connectivity index (χ0n) is 8.24. The second-order valence-electron chi connectivity index (χ2n) is 4.14. The summed E-state index contributed by atoms with van der Waals surface area (Å²) in [5.74, 6) is 0. The molecular formula is C11H15NOS. The van der Waals surface area contributed by atoms with Crippen LogP contribution >= 0.6 is 11.3 Å². The van der Waals surface area contributed by atoms with Crippen LogP contribution in [-0.4, -0.2) is 11.3 Å². The van der Waals surface area contributed by atoms with Crippen molar-refractivity contribution in [3.63, 3.8) is 0 Å². The molecule has 76 valence electrons. The molecule has 1 aliphatic carbocycles. The summed E-state index contributed by atoms with van der Waals surface area (Å²) in [4.78, 5) is 15.4. The van der Waals surface area contributed by atoms with Crippen LogP contribution in [0.25, 0.3) is 0 Å². The van der Waals surface area contributed by atoms with Crippen molar-refractivity contribution in [2.45, 2.75) is 38.5 Å². The molecule has 1 saturated carbocycles. The molecule has 0 unspecified atom stereocenters. The molecule has 1 heterocycles. The highest BCUT2D eigenvalue weighted by atomic mass is 32.1. The highest BCUT2D eigenvalue weighted by Gasteiger charge is 2.32. The van der Waals surface area contributed by atoms with E-state index in [0.717, 1.165) is 24.3 Å². The van der Waals surface area contributed by atoms with Crippen molar-refractivity contribution in [3.8, 4) is 0 Å². The molecule has 0 radical (unpaired) electrons. The van der Waals surface area contributed by atoms with Crippen molar-refractivity contribution < 1.29 is 4.79 Å². The van der Waals surface area contributed by atoms with Crippen molar-refractivity contribution in [2.24, 2.45) is 5.41 Å². The molecule has 1 aromatic heterocycles. The molecule has 2 nitrogen and oxygen atoms in total. The van der Waals surface area contributed by atoms with Gasteiger partial charge in [0.1, 0.15) is 6.29 Å². The van der Waals surface area contributed by atoms with Gasteiger partial charge in [-0.2, -0.15) is 0 Å². The van der Waals surface area contributed by atoms with Crippen LogP contribution in [0.1, 0.15) is 37.1 Å². The zero-order valence-corrected chi connectivity index (χ0v) is 9.05. The molecule has 1 aliphatic rings. The standard InChI is InChI=1S/C11H15NOS/c13-9-11(4-2-1-3-5-11)8-10-12-6-7-14-10/h6-7,9H,1-5,8H2. The van der Waals surface area contributed by atoms with Crippen LogP contribution < -0.4 is 0 Å². The molecule has 0 atom stereocenters. The Morgan fingerprint density at radius 3 is 2.79 bits per heavy atom. The Hall–Kier alpha value is -0.700. The highest BCUT2D eigenvalue weighted by molar-refractivity contribution is 7.09. The third kappa shape index (κ3) is 2.03. The summed E-state index contributed by atoms with van der Waals surface area (Å²) >= 11 is 1.66. The molecule has 2 rings (SSSR count). The van der Waals surface area contributed by atoms with E-state index < -0.39 is 0 Å². The van der Waals surface area contributed by atoms with Gasteiger partial charge >= 0.3 is 0 Å². The summed E-state index contributed by atoms with van der Waals surface area (Å²) in [7, 11) is 0. The van der Waals surface area contributed by atoms with Gasteiger partial charge in [-0.1, -0.05) is 19.3 Å². The molecule has 0 aromatic carbocycles. The monoisotopic (exact) mass is 209 g/mol. The molecule has 0 spiro atoms. The Balaban J connectivity index is 2.08. The number of hydrogen-bond donors (Lipinski definition) is 0. The highest BCUT2D eigenvalue weighted by Crippen LogP contribution is 2.37. The van der Waals surface area contributed by atoms with Crippen LogP contribution in [0.3, 0.4) is 0 Å². The van der Waals surface area contributed by atoms with Gasteiger partial charge in [0, 0.05) is 23.4 Å².